The number of unbranched alkanes of at least 4 members (excludes halogenated alkanes) is 1. The summed E-state index contributed by atoms with van der Waals surface area (Å²) in [5.41, 5.74) is 30.0. The molecule has 0 aliphatic carbocycles. The largest absolute Gasteiger partial charge is 0.311 e. The van der Waals surface area contributed by atoms with Gasteiger partial charge in [0.25, 0.3) is 6.71 Å². The molecule has 0 saturated carbocycles. The van der Waals surface area contributed by atoms with Crippen molar-refractivity contribution in [1.29, 1.82) is 0 Å². The molecule has 88 heavy (non-hydrogen) atoms. The van der Waals surface area contributed by atoms with Gasteiger partial charge in [0.1, 0.15) is 0 Å². The number of fused-ring (bicyclic) bond motifs is 7. The number of aromatic nitrogens is 1. The fourth-order valence-electron chi connectivity index (χ4n) is 14.2. The monoisotopic (exact) mass is 1130 g/mol. The fourth-order valence-corrected chi connectivity index (χ4v) is 14.2. The maximum absolute atomic E-state index is 2.73. The SMILES string of the molecule is CCCCc1cc(-c2ccccc2)cc(-c2ccccc2)c1N1c2ccc(-c3ccccc3)cc2B2c3ccc(-n4c5ccccc5c5ccccc54)cc3N(c3c(-c4ccccc4)cc(C(C)(C)C)cc3-c3ccccc3)c3cc(C(C)(C)C)cc1c32. The highest BCUT2D eigenvalue weighted by Gasteiger charge is 2.46. The lowest BCUT2D eigenvalue weighted by Crippen LogP contribution is -2.61. The van der Waals surface area contributed by atoms with Crippen molar-refractivity contribution in [1.82, 2.24) is 4.57 Å². The average molecular weight is 1130 g/mol. The van der Waals surface area contributed by atoms with Crippen LogP contribution in [0.1, 0.15) is 78.0 Å². The quantitative estimate of drug-likeness (QED) is 0.120. The number of nitrogens with zero attached hydrogens (tertiary/aromatic N) is 3. The van der Waals surface area contributed by atoms with Gasteiger partial charge in [0.2, 0.25) is 0 Å². The Bertz CT molecular complexity index is 4670. The van der Waals surface area contributed by atoms with Crippen LogP contribution in [0.5, 0.6) is 0 Å². The van der Waals surface area contributed by atoms with E-state index in [9.17, 15) is 0 Å². The highest BCUT2D eigenvalue weighted by Crippen LogP contribution is 2.54. The third-order valence-electron chi connectivity index (χ3n) is 18.6. The van der Waals surface area contributed by atoms with E-state index < -0.39 is 0 Å². The van der Waals surface area contributed by atoms with Crippen LogP contribution in [0, 0.1) is 0 Å². The molecule has 1 aromatic heterocycles. The van der Waals surface area contributed by atoms with Gasteiger partial charge < -0.3 is 14.4 Å². The Labute approximate surface area is 519 Å². The van der Waals surface area contributed by atoms with E-state index in [2.05, 4.69) is 336 Å². The number of hydrogen-bond acceptors (Lipinski definition) is 2. The zero-order valence-corrected chi connectivity index (χ0v) is 51.5. The Hall–Kier alpha value is -9.90. The van der Waals surface area contributed by atoms with Gasteiger partial charge in [-0.05, 0) is 162 Å². The lowest BCUT2D eigenvalue weighted by molar-refractivity contribution is 0.590. The van der Waals surface area contributed by atoms with Gasteiger partial charge in [-0.15, -0.1) is 0 Å². The lowest BCUT2D eigenvalue weighted by Gasteiger charge is -2.46. The van der Waals surface area contributed by atoms with Gasteiger partial charge in [-0.1, -0.05) is 261 Å². The van der Waals surface area contributed by atoms with Crippen LogP contribution in [0.15, 0.2) is 273 Å². The minimum Gasteiger partial charge on any atom is -0.311 e. The molecule has 2 aliphatic heterocycles. The number of benzene rings is 12. The second-order valence-electron chi connectivity index (χ2n) is 26.3. The molecule has 0 N–H and O–H groups in total. The normalized spacial score (nSPS) is 12.8. The minimum absolute atomic E-state index is 0.159. The van der Waals surface area contributed by atoms with Crippen molar-refractivity contribution in [3.05, 3.63) is 290 Å². The Morgan fingerprint density at radius 3 is 1.31 bits per heavy atom. The molecular weight excluding hydrogens is 1060 g/mol. The first-order chi connectivity index (χ1) is 42.9. The fraction of sp³-hybridized carbons (Fsp3) is 0.143. The molecule has 0 spiro atoms. The summed E-state index contributed by atoms with van der Waals surface area (Å²) in [7, 11) is 0. The third-order valence-corrected chi connectivity index (χ3v) is 18.6. The van der Waals surface area contributed by atoms with Crippen molar-refractivity contribution in [2.45, 2.75) is 78.6 Å². The van der Waals surface area contributed by atoms with Crippen molar-refractivity contribution in [3.63, 3.8) is 0 Å². The number of para-hydroxylation sites is 2. The summed E-state index contributed by atoms with van der Waals surface area (Å²) in [6.45, 7) is 16.4. The molecule has 0 saturated heterocycles. The molecule has 0 bridgehead atoms. The Morgan fingerprint density at radius 2 is 0.795 bits per heavy atom. The van der Waals surface area contributed by atoms with Gasteiger partial charge in [-0.25, -0.2) is 0 Å². The number of aryl methyl sites for hydroxylation is 1. The molecule has 2 aliphatic rings. The highest BCUT2D eigenvalue weighted by molar-refractivity contribution is 7.00. The first-order valence-electron chi connectivity index (χ1n) is 31.6. The third kappa shape index (κ3) is 9.36. The summed E-state index contributed by atoms with van der Waals surface area (Å²) >= 11 is 0. The van der Waals surface area contributed by atoms with Crippen molar-refractivity contribution in [2.75, 3.05) is 9.80 Å². The van der Waals surface area contributed by atoms with Gasteiger partial charge in [0.05, 0.1) is 22.4 Å². The molecule has 0 amide bonds. The summed E-state index contributed by atoms with van der Waals surface area (Å²) in [6.07, 6.45) is 3.06. The van der Waals surface area contributed by atoms with Gasteiger partial charge in [0.15, 0.2) is 0 Å². The van der Waals surface area contributed by atoms with Gasteiger partial charge in [0, 0.05) is 55.9 Å². The van der Waals surface area contributed by atoms with Crippen molar-refractivity contribution in [3.8, 4) is 61.3 Å². The van der Waals surface area contributed by atoms with E-state index in [1.807, 2.05) is 0 Å². The molecule has 0 unspecified atom stereocenters. The Morgan fingerprint density at radius 1 is 0.341 bits per heavy atom. The Kier molecular flexibility index (Phi) is 13.6. The molecule has 426 valence electrons. The minimum atomic E-state index is -0.258. The van der Waals surface area contributed by atoms with Crippen LogP contribution in [0.2, 0.25) is 0 Å². The van der Waals surface area contributed by atoms with Gasteiger partial charge >= 0.3 is 0 Å². The standard InChI is InChI=1S/C84H72BN3/c1-8-9-29-62-48-63(57-32-17-11-18-33-57)49-69(58-34-19-12-20-35-58)81(62)87-76-47-44-61(56-30-15-10-16-31-56)50-73(76)85-72-46-45-66(86-74-42-27-25-40-67(74)68-41-26-28-43-75(68)86)55-77(72)88(79-54-65(84(5,6)7)53-78(87)80(79)85)82-70(59-36-21-13-22-37-59)51-64(83(2,3)4)52-71(82)60-38-23-14-24-39-60/h10-28,30-55H,8-9,29H2,1-7H3. The average Bonchev–Trinajstić information content (AvgIpc) is 0.795. The van der Waals surface area contributed by atoms with Gasteiger partial charge in [-0.3, -0.25) is 0 Å². The Balaban J connectivity index is 1.13. The van der Waals surface area contributed by atoms with E-state index in [1.165, 1.54) is 133 Å². The van der Waals surface area contributed by atoms with E-state index in [4.69, 9.17) is 0 Å². The molecular formula is C84H72BN3. The van der Waals surface area contributed by atoms with Crippen LogP contribution in [-0.2, 0) is 17.3 Å². The van der Waals surface area contributed by atoms with E-state index in [0.717, 1.165) is 36.3 Å². The molecule has 0 fully saturated rings. The topological polar surface area (TPSA) is 11.4 Å². The molecule has 4 heteroatoms. The second-order valence-corrected chi connectivity index (χ2v) is 26.3. The van der Waals surface area contributed by atoms with Gasteiger partial charge in [-0.2, -0.15) is 0 Å². The van der Waals surface area contributed by atoms with Crippen molar-refractivity contribution >= 4 is 79.0 Å². The number of anilines is 6. The number of hydrogen-bond donors (Lipinski definition) is 0. The molecule has 12 aromatic carbocycles. The maximum Gasteiger partial charge on any atom is 0.252 e. The molecule has 3 nitrogen and oxygen atoms in total. The summed E-state index contributed by atoms with van der Waals surface area (Å²) in [4.78, 5) is 5.46. The zero-order chi connectivity index (χ0) is 59.8. The van der Waals surface area contributed by atoms with Crippen molar-refractivity contribution in [2.24, 2.45) is 0 Å². The molecule has 3 heterocycles. The summed E-state index contributed by atoms with van der Waals surface area (Å²) in [5, 5.41) is 2.49. The van der Waals surface area contributed by atoms with E-state index >= 15 is 0 Å². The van der Waals surface area contributed by atoms with E-state index in [1.54, 1.807) is 0 Å². The molecule has 13 aromatic rings. The first-order valence-corrected chi connectivity index (χ1v) is 31.6. The van der Waals surface area contributed by atoms with E-state index in [0.29, 0.717) is 0 Å². The maximum atomic E-state index is 2.73. The molecule has 0 atom stereocenters. The summed E-state index contributed by atoms with van der Waals surface area (Å²) < 4.78 is 2.50. The van der Waals surface area contributed by atoms with Crippen LogP contribution in [-0.4, -0.2) is 11.3 Å². The summed E-state index contributed by atoms with van der Waals surface area (Å²) in [5.74, 6) is 0. The first kappa shape index (κ1) is 54.7. The van der Waals surface area contributed by atoms with Crippen molar-refractivity contribution < 1.29 is 0 Å². The zero-order valence-electron chi connectivity index (χ0n) is 51.5. The smallest absolute Gasteiger partial charge is 0.252 e. The van der Waals surface area contributed by atoms with Crippen LogP contribution in [0.3, 0.4) is 0 Å². The van der Waals surface area contributed by atoms with Crippen LogP contribution < -0.4 is 26.2 Å². The predicted molar refractivity (Wildman–Crippen MR) is 378 cm³/mol. The molecule has 0 radical (unpaired) electrons. The second kappa shape index (κ2) is 21.8. The van der Waals surface area contributed by atoms with Crippen LogP contribution in [0.4, 0.5) is 34.1 Å². The van der Waals surface area contributed by atoms with Crippen LogP contribution in [0.25, 0.3) is 83.1 Å². The van der Waals surface area contributed by atoms with Crippen LogP contribution >= 0.6 is 0 Å². The van der Waals surface area contributed by atoms with E-state index in [-0.39, 0.29) is 17.5 Å². The highest BCUT2D eigenvalue weighted by atomic mass is 15.2. The summed E-state index contributed by atoms with van der Waals surface area (Å²) in [6, 6.07) is 103. The number of rotatable bonds is 11. The predicted octanol–water partition coefficient (Wildman–Crippen LogP) is 21.1. The molecule has 15 rings (SSSR count). The lowest BCUT2D eigenvalue weighted by atomic mass is 9.33.